The zero-order valence-electron chi connectivity index (χ0n) is 11.5. The van der Waals surface area contributed by atoms with Crippen molar-refractivity contribution >= 4 is 10.0 Å². The van der Waals surface area contributed by atoms with Gasteiger partial charge >= 0.3 is 0 Å². The van der Waals surface area contributed by atoms with Gasteiger partial charge in [0.05, 0.1) is 13.2 Å². The quantitative estimate of drug-likeness (QED) is 0.919. The molecule has 0 bridgehead atoms. The van der Waals surface area contributed by atoms with Crippen LogP contribution in [0.25, 0.3) is 11.3 Å². The second kappa shape index (κ2) is 6.01. The van der Waals surface area contributed by atoms with Crippen LogP contribution in [0.2, 0.25) is 0 Å². The molecule has 0 unspecified atom stereocenters. The molecule has 0 saturated carbocycles. The Hall–Kier alpha value is -1.63. The molecule has 1 saturated heterocycles. The number of ether oxygens (including phenoxy) is 1. The molecule has 1 atom stereocenters. The van der Waals surface area contributed by atoms with Gasteiger partial charge in [-0.2, -0.15) is 0 Å². The number of benzene rings is 1. The van der Waals surface area contributed by atoms with Gasteiger partial charge in [-0.3, -0.25) is 0 Å². The van der Waals surface area contributed by atoms with Crippen LogP contribution in [0.5, 0.6) is 0 Å². The molecule has 1 N–H and O–H groups in total. The highest BCUT2D eigenvalue weighted by atomic mass is 32.2. The van der Waals surface area contributed by atoms with Gasteiger partial charge < -0.3 is 9.15 Å². The van der Waals surface area contributed by atoms with E-state index in [4.69, 9.17) is 9.15 Å². The van der Waals surface area contributed by atoms with E-state index in [0.29, 0.717) is 18.8 Å². The second-order valence-corrected chi connectivity index (χ2v) is 7.03. The third-order valence-electron chi connectivity index (χ3n) is 3.49. The molecule has 0 aliphatic carbocycles. The van der Waals surface area contributed by atoms with Crippen molar-refractivity contribution < 1.29 is 17.6 Å². The number of rotatable bonds is 5. The maximum absolute atomic E-state index is 12.1. The first-order valence-electron chi connectivity index (χ1n) is 6.85. The molecule has 5 nitrogen and oxygen atoms in total. The smallest absolute Gasteiger partial charge is 0.217 e. The summed E-state index contributed by atoms with van der Waals surface area (Å²) >= 11 is 0. The van der Waals surface area contributed by atoms with Crippen molar-refractivity contribution in [1.82, 2.24) is 4.72 Å². The summed E-state index contributed by atoms with van der Waals surface area (Å²) in [4.78, 5) is 0. The Morgan fingerprint density at radius 3 is 2.67 bits per heavy atom. The van der Waals surface area contributed by atoms with Gasteiger partial charge in [0.25, 0.3) is 0 Å². The molecule has 1 aromatic heterocycles. The molecule has 112 valence electrons. The molecule has 1 aromatic carbocycles. The third kappa shape index (κ3) is 3.34. The predicted octanol–water partition coefficient (Wildman–Crippen LogP) is 2.15. The lowest BCUT2D eigenvalue weighted by molar-refractivity contribution is 0.198. The molecule has 21 heavy (non-hydrogen) atoms. The van der Waals surface area contributed by atoms with E-state index in [1.807, 2.05) is 36.4 Å². The lowest BCUT2D eigenvalue weighted by Gasteiger charge is -2.09. The number of furan rings is 1. The van der Waals surface area contributed by atoms with Gasteiger partial charge in [0, 0.05) is 12.2 Å². The SMILES string of the molecule is O=S(=O)(NCc1ccc(-c2ccccc2)o1)[C@H]1CCOC1. The van der Waals surface area contributed by atoms with Crippen molar-refractivity contribution in [1.29, 1.82) is 0 Å². The van der Waals surface area contributed by atoms with Crippen LogP contribution in [0, 0.1) is 0 Å². The molecular formula is C15H17NO4S. The van der Waals surface area contributed by atoms with Crippen LogP contribution < -0.4 is 4.72 Å². The number of sulfonamides is 1. The minimum atomic E-state index is -3.35. The molecule has 0 spiro atoms. The van der Waals surface area contributed by atoms with E-state index in [2.05, 4.69) is 4.72 Å². The summed E-state index contributed by atoms with van der Waals surface area (Å²) in [5.74, 6) is 1.32. The van der Waals surface area contributed by atoms with Crippen LogP contribution in [0.1, 0.15) is 12.2 Å². The highest BCUT2D eigenvalue weighted by molar-refractivity contribution is 7.90. The van der Waals surface area contributed by atoms with Crippen LogP contribution in [-0.4, -0.2) is 26.9 Å². The van der Waals surface area contributed by atoms with E-state index in [1.54, 1.807) is 6.07 Å². The summed E-state index contributed by atoms with van der Waals surface area (Å²) in [7, 11) is -3.35. The van der Waals surface area contributed by atoms with Gasteiger partial charge in [0.1, 0.15) is 16.8 Å². The molecule has 1 aliphatic heterocycles. The molecule has 2 heterocycles. The van der Waals surface area contributed by atoms with E-state index in [9.17, 15) is 8.42 Å². The Balaban J connectivity index is 1.65. The van der Waals surface area contributed by atoms with Crippen molar-refractivity contribution in [3.8, 4) is 11.3 Å². The van der Waals surface area contributed by atoms with E-state index >= 15 is 0 Å². The van der Waals surface area contributed by atoms with Crippen molar-refractivity contribution in [2.24, 2.45) is 0 Å². The number of nitrogens with one attached hydrogen (secondary N) is 1. The van der Waals surface area contributed by atoms with Gasteiger partial charge in [0.15, 0.2) is 0 Å². The van der Waals surface area contributed by atoms with E-state index in [1.165, 1.54) is 0 Å². The first kappa shape index (κ1) is 14.3. The Labute approximate surface area is 124 Å². The summed E-state index contributed by atoms with van der Waals surface area (Å²) < 4.78 is 37.5. The largest absolute Gasteiger partial charge is 0.460 e. The van der Waals surface area contributed by atoms with Crippen LogP contribution in [0.3, 0.4) is 0 Å². The lowest BCUT2D eigenvalue weighted by Crippen LogP contribution is -2.34. The van der Waals surface area contributed by atoms with Gasteiger partial charge in [-0.05, 0) is 18.6 Å². The minimum Gasteiger partial charge on any atom is -0.460 e. The molecular weight excluding hydrogens is 290 g/mol. The van der Waals surface area contributed by atoms with Crippen LogP contribution in [0.4, 0.5) is 0 Å². The van der Waals surface area contributed by atoms with E-state index in [0.717, 1.165) is 11.3 Å². The molecule has 0 radical (unpaired) electrons. The highest BCUT2D eigenvalue weighted by Gasteiger charge is 2.29. The van der Waals surface area contributed by atoms with Crippen LogP contribution in [-0.2, 0) is 21.3 Å². The molecule has 1 fully saturated rings. The first-order valence-corrected chi connectivity index (χ1v) is 8.40. The Kier molecular flexibility index (Phi) is 4.10. The standard InChI is InChI=1S/C15H17NO4S/c17-21(18,14-8-9-19-11-14)16-10-13-6-7-15(20-13)12-4-2-1-3-5-12/h1-7,14,16H,8-11H2/t14-/m0/s1. The fourth-order valence-electron chi connectivity index (χ4n) is 2.28. The zero-order valence-corrected chi connectivity index (χ0v) is 12.3. The van der Waals surface area contributed by atoms with Crippen molar-refractivity contribution in [2.75, 3.05) is 13.2 Å². The highest BCUT2D eigenvalue weighted by Crippen LogP contribution is 2.22. The Bertz CT molecular complexity index is 687. The molecule has 6 heteroatoms. The number of hydrogen-bond acceptors (Lipinski definition) is 4. The molecule has 3 rings (SSSR count). The summed E-state index contributed by atoms with van der Waals surface area (Å²) in [6, 6.07) is 13.3. The van der Waals surface area contributed by atoms with Crippen molar-refractivity contribution in [2.45, 2.75) is 18.2 Å². The maximum Gasteiger partial charge on any atom is 0.217 e. The fourth-order valence-corrected chi connectivity index (χ4v) is 3.54. The summed E-state index contributed by atoms with van der Waals surface area (Å²) in [6.07, 6.45) is 0.544. The normalized spacial score (nSPS) is 19.0. The fraction of sp³-hybridized carbons (Fsp3) is 0.333. The van der Waals surface area contributed by atoms with E-state index < -0.39 is 15.3 Å². The van der Waals surface area contributed by atoms with Crippen LogP contribution >= 0.6 is 0 Å². The average molecular weight is 307 g/mol. The monoisotopic (exact) mass is 307 g/mol. The molecule has 2 aromatic rings. The Morgan fingerprint density at radius 2 is 1.95 bits per heavy atom. The molecule has 1 aliphatic rings. The maximum atomic E-state index is 12.1. The summed E-state index contributed by atoms with van der Waals surface area (Å²) in [5.41, 5.74) is 0.968. The topological polar surface area (TPSA) is 68.5 Å². The lowest BCUT2D eigenvalue weighted by atomic mass is 10.2. The predicted molar refractivity (Wildman–Crippen MR) is 79.1 cm³/mol. The summed E-state index contributed by atoms with van der Waals surface area (Å²) in [6.45, 7) is 0.929. The second-order valence-electron chi connectivity index (χ2n) is 4.98. The number of hydrogen-bond donors (Lipinski definition) is 1. The summed E-state index contributed by atoms with van der Waals surface area (Å²) in [5, 5.41) is -0.457. The molecule has 0 amide bonds. The van der Waals surface area contributed by atoms with E-state index in [-0.39, 0.29) is 13.2 Å². The van der Waals surface area contributed by atoms with Crippen molar-refractivity contribution in [3.05, 3.63) is 48.2 Å². The van der Waals surface area contributed by atoms with Gasteiger partial charge in [0.2, 0.25) is 10.0 Å². The third-order valence-corrected chi connectivity index (χ3v) is 5.29. The zero-order chi connectivity index (χ0) is 14.7. The van der Waals surface area contributed by atoms with Crippen LogP contribution in [0.15, 0.2) is 46.9 Å². The van der Waals surface area contributed by atoms with Gasteiger partial charge in [-0.25, -0.2) is 13.1 Å². The average Bonchev–Trinajstić information content (AvgIpc) is 3.18. The first-order chi connectivity index (χ1) is 10.1. The van der Waals surface area contributed by atoms with Gasteiger partial charge in [-0.1, -0.05) is 30.3 Å². The Morgan fingerprint density at radius 1 is 1.14 bits per heavy atom. The van der Waals surface area contributed by atoms with Crippen molar-refractivity contribution in [3.63, 3.8) is 0 Å². The van der Waals surface area contributed by atoms with Gasteiger partial charge in [-0.15, -0.1) is 0 Å². The minimum absolute atomic E-state index is 0.158.